The summed E-state index contributed by atoms with van der Waals surface area (Å²) in [6, 6.07) is 19.9. The van der Waals surface area contributed by atoms with E-state index in [4.69, 9.17) is 9.47 Å². The average Bonchev–Trinajstić information content (AvgIpc) is 2.82. The minimum Gasteiger partial charge on any atom is -0.493 e. The van der Waals surface area contributed by atoms with E-state index in [-0.39, 0.29) is 12.5 Å². The topological polar surface area (TPSA) is 76.2 Å². The van der Waals surface area contributed by atoms with Crippen molar-refractivity contribution in [2.45, 2.75) is 20.0 Å². The molecule has 1 amide bonds. The Kier molecular flexibility index (Phi) is 7.83. The van der Waals surface area contributed by atoms with E-state index in [1.54, 1.807) is 56.5 Å². The Labute approximate surface area is 201 Å². The first-order valence-corrected chi connectivity index (χ1v) is 12.6. The van der Waals surface area contributed by atoms with Gasteiger partial charge in [-0.05, 0) is 54.4 Å². The van der Waals surface area contributed by atoms with Crippen molar-refractivity contribution in [3.8, 4) is 11.5 Å². The molecule has 0 atom stereocenters. The Morgan fingerprint density at radius 3 is 1.97 bits per heavy atom. The number of nitrogens with zero attached hydrogens (tertiary/aromatic N) is 2. The Bertz CT molecular complexity index is 1240. The van der Waals surface area contributed by atoms with E-state index in [0.29, 0.717) is 29.3 Å². The van der Waals surface area contributed by atoms with Crippen LogP contribution in [0.5, 0.6) is 11.5 Å². The van der Waals surface area contributed by atoms with Crippen LogP contribution in [0, 0.1) is 6.92 Å². The van der Waals surface area contributed by atoms with Gasteiger partial charge in [-0.3, -0.25) is 9.10 Å². The van der Waals surface area contributed by atoms with E-state index in [0.717, 1.165) is 16.7 Å². The van der Waals surface area contributed by atoms with Gasteiger partial charge in [0.1, 0.15) is 0 Å². The highest BCUT2D eigenvalue weighted by Gasteiger charge is 2.19. The third-order valence-corrected chi connectivity index (χ3v) is 6.60. The van der Waals surface area contributed by atoms with E-state index in [9.17, 15) is 13.2 Å². The smallest absolute Gasteiger partial charge is 0.253 e. The summed E-state index contributed by atoms with van der Waals surface area (Å²) in [6.45, 7) is 2.57. The fraction of sp³-hybridized carbons (Fsp3) is 0.269. The van der Waals surface area contributed by atoms with Crippen molar-refractivity contribution in [1.82, 2.24) is 4.90 Å². The Morgan fingerprint density at radius 2 is 1.41 bits per heavy atom. The Morgan fingerprint density at radius 1 is 0.824 bits per heavy atom. The minimum atomic E-state index is -3.51. The van der Waals surface area contributed by atoms with Gasteiger partial charge in [0.25, 0.3) is 5.91 Å². The van der Waals surface area contributed by atoms with Gasteiger partial charge in [0.15, 0.2) is 11.5 Å². The molecule has 180 valence electrons. The first kappa shape index (κ1) is 25.1. The lowest BCUT2D eigenvalue weighted by molar-refractivity contribution is 0.0785. The fourth-order valence-corrected chi connectivity index (χ4v) is 4.46. The number of hydrogen-bond acceptors (Lipinski definition) is 5. The van der Waals surface area contributed by atoms with Crippen LogP contribution in [0.1, 0.15) is 27.0 Å². The Balaban J connectivity index is 1.76. The van der Waals surface area contributed by atoms with Gasteiger partial charge in [-0.2, -0.15) is 0 Å². The molecule has 0 aliphatic rings. The zero-order valence-electron chi connectivity index (χ0n) is 20.1. The molecule has 34 heavy (non-hydrogen) atoms. The molecule has 0 spiro atoms. The second kappa shape index (κ2) is 10.6. The van der Waals surface area contributed by atoms with Crippen LogP contribution in [-0.4, -0.2) is 46.7 Å². The highest BCUT2D eigenvalue weighted by Crippen LogP contribution is 2.28. The van der Waals surface area contributed by atoms with Gasteiger partial charge in [-0.15, -0.1) is 0 Å². The second-order valence-electron chi connectivity index (χ2n) is 8.15. The molecule has 0 aromatic heterocycles. The van der Waals surface area contributed by atoms with E-state index >= 15 is 0 Å². The molecular weight excluding hydrogens is 452 g/mol. The molecule has 7 nitrogen and oxygen atoms in total. The number of ether oxygens (including phenoxy) is 2. The minimum absolute atomic E-state index is 0.175. The van der Waals surface area contributed by atoms with Crippen molar-refractivity contribution in [3.63, 3.8) is 0 Å². The van der Waals surface area contributed by atoms with Crippen LogP contribution in [0.4, 0.5) is 5.69 Å². The molecule has 0 aliphatic carbocycles. The normalized spacial score (nSPS) is 11.1. The third kappa shape index (κ3) is 6.08. The number of rotatable bonds is 9. The maximum Gasteiger partial charge on any atom is 0.253 e. The van der Waals surface area contributed by atoms with Gasteiger partial charge >= 0.3 is 0 Å². The number of methoxy groups -OCH3 is 2. The van der Waals surface area contributed by atoms with Gasteiger partial charge in [0, 0.05) is 19.2 Å². The molecule has 3 aromatic rings. The summed E-state index contributed by atoms with van der Waals surface area (Å²) in [6.07, 6.45) is 1.18. The zero-order chi connectivity index (χ0) is 24.9. The molecule has 0 bridgehead atoms. The molecule has 3 aromatic carbocycles. The maximum absolute atomic E-state index is 13.0. The quantitative estimate of drug-likeness (QED) is 0.456. The van der Waals surface area contributed by atoms with E-state index in [1.807, 2.05) is 43.3 Å². The van der Waals surface area contributed by atoms with E-state index < -0.39 is 10.0 Å². The fourth-order valence-electron chi connectivity index (χ4n) is 3.57. The molecule has 0 heterocycles. The van der Waals surface area contributed by atoms with Crippen LogP contribution in [0.15, 0.2) is 66.7 Å². The molecule has 8 heteroatoms. The van der Waals surface area contributed by atoms with Crippen LogP contribution in [0.25, 0.3) is 0 Å². The standard InChI is InChI=1S/C26H30N2O5S/c1-19-6-8-20(9-7-19)18-28(34(5,30)31)23-13-11-22(12-14-23)26(29)27(2)17-21-10-15-24(32-3)25(16-21)33-4/h6-16H,17-18H2,1-5H3. The number of carbonyl (C=O) groups is 1. The molecule has 0 unspecified atom stereocenters. The maximum atomic E-state index is 13.0. The molecule has 0 saturated heterocycles. The summed E-state index contributed by atoms with van der Waals surface area (Å²) in [5.74, 6) is 1.04. The monoisotopic (exact) mass is 482 g/mol. The lowest BCUT2D eigenvalue weighted by Gasteiger charge is -2.23. The lowest BCUT2D eigenvalue weighted by atomic mass is 10.1. The highest BCUT2D eigenvalue weighted by molar-refractivity contribution is 7.92. The van der Waals surface area contributed by atoms with Crippen LogP contribution in [-0.2, 0) is 23.1 Å². The number of hydrogen-bond donors (Lipinski definition) is 0. The Hall–Kier alpha value is -3.52. The number of anilines is 1. The summed E-state index contributed by atoms with van der Waals surface area (Å²) in [5, 5.41) is 0. The average molecular weight is 483 g/mol. The predicted molar refractivity (Wildman–Crippen MR) is 134 cm³/mol. The van der Waals surface area contributed by atoms with Crippen LogP contribution < -0.4 is 13.8 Å². The molecule has 3 rings (SSSR count). The molecule has 0 aliphatic heterocycles. The number of carbonyl (C=O) groups excluding carboxylic acids is 1. The van der Waals surface area contributed by atoms with Gasteiger partial charge < -0.3 is 14.4 Å². The number of sulfonamides is 1. The van der Waals surface area contributed by atoms with Crippen molar-refractivity contribution in [3.05, 3.63) is 89.0 Å². The lowest BCUT2D eigenvalue weighted by Crippen LogP contribution is -2.29. The van der Waals surface area contributed by atoms with Crippen LogP contribution in [0.2, 0.25) is 0 Å². The first-order valence-electron chi connectivity index (χ1n) is 10.7. The van der Waals surface area contributed by atoms with Crippen molar-refractivity contribution >= 4 is 21.6 Å². The third-order valence-electron chi connectivity index (χ3n) is 5.46. The van der Waals surface area contributed by atoms with Gasteiger partial charge in [0.05, 0.1) is 32.7 Å². The zero-order valence-corrected chi connectivity index (χ0v) is 20.9. The number of benzene rings is 3. The summed E-state index contributed by atoms with van der Waals surface area (Å²) in [7, 11) is 1.34. The van der Waals surface area contributed by atoms with E-state index in [2.05, 4.69) is 0 Å². The molecule has 0 fully saturated rings. The summed E-state index contributed by atoms with van der Waals surface area (Å²) in [4.78, 5) is 14.6. The van der Waals surface area contributed by atoms with Crippen molar-refractivity contribution < 1.29 is 22.7 Å². The SMILES string of the molecule is COc1ccc(CN(C)C(=O)c2ccc(N(Cc3ccc(C)cc3)S(C)(=O)=O)cc2)cc1OC. The largest absolute Gasteiger partial charge is 0.493 e. The second-order valence-corrected chi connectivity index (χ2v) is 10.1. The number of amides is 1. The van der Waals surface area contributed by atoms with Gasteiger partial charge in [-0.1, -0.05) is 35.9 Å². The number of aryl methyl sites for hydroxylation is 1. The van der Waals surface area contributed by atoms with Gasteiger partial charge in [0.2, 0.25) is 10.0 Å². The predicted octanol–water partition coefficient (Wildman–Crippen LogP) is 4.25. The van der Waals surface area contributed by atoms with Crippen molar-refractivity contribution in [1.29, 1.82) is 0 Å². The molecule has 0 N–H and O–H groups in total. The first-order chi connectivity index (χ1) is 16.1. The van der Waals surface area contributed by atoms with Crippen LogP contribution >= 0.6 is 0 Å². The van der Waals surface area contributed by atoms with Crippen LogP contribution in [0.3, 0.4) is 0 Å². The molecule has 0 radical (unpaired) electrons. The summed E-state index contributed by atoms with van der Waals surface area (Å²) in [5.41, 5.74) is 3.85. The van der Waals surface area contributed by atoms with Crippen molar-refractivity contribution in [2.75, 3.05) is 31.8 Å². The molecular formula is C26H30N2O5S. The van der Waals surface area contributed by atoms with E-state index in [1.165, 1.54) is 10.6 Å². The summed E-state index contributed by atoms with van der Waals surface area (Å²) < 4.78 is 36.8. The van der Waals surface area contributed by atoms with Gasteiger partial charge in [-0.25, -0.2) is 8.42 Å². The molecule has 0 saturated carbocycles. The van der Waals surface area contributed by atoms with Crippen molar-refractivity contribution in [2.24, 2.45) is 0 Å². The summed E-state index contributed by atoms with van der Waals surface area (Å²) >= 11 is 0. The highest BCUT2D eigenvalue weighted by atomic mass is 32.2.